The van der Waals surface area contributed by atoms with Gasteiger partial charge in [-0.15, -0.1) is 0 Å². The van der Waals surface area contributed by atoms with E-state index in [2.05, 4.69) is 22.0 Å². The fourth-order valence-electron chi connectivity index (χ4n) is 5.97. The first-order valence-corrected chi connectivity index (χ1v) is 15.6. The number of nitrogens with one attached hydrogen (secondary N) is 3. The molecule has 0 aliphatic carbocycles. The molecule has 0 bridgehead atoms. The molecule has 0 spiro atoms. The molecule has 1 saturated heterocycles. The maximum Gasteiger partial charge on any atom is 0.407 e. The number of alkyl carbamates (subject to hydrolysis) is 1. The Morgan fingerprint density at radius 2 is 1.70 bits per heavy atom. The second kappa shape index (κ2) is 13.6. The summed E-state index contributed by atoms with van der Waals surface area (Å²) in [7, 11) is 0. The molecule has 4 atom stereocenters. The third-order valence-corrected chi connectivity index (χ3v) is 8.32. The Hall–Kier alpha value is -3.71. The van der Waals surface area contributed by atoms with Gasteiger partial charge in [-0.3, -0.25) is 4.79 Å². The quantitative estimate of drug-likeness (QED) is 0.235. The molecule has 1 aliphatic heterocycles. The van der Waals surface area contributed by atoms with E-state index in [4.69, 9.17) is 27.9 Å². The highest BCUT2D eigenvalue weighted by atomic mass is 35.5. The van der Waals surface area contributed by atoms with Crippen molar-refractivity contribution >= 4 is 40.9 Å². The van der Waals surface area contributed by atoms with Gasteiger partial charge in [-0.1, -0.05) is 74.3 Å². The van der Waals surface area contributed by atoms with Crippen molar-refractivity contribution in [1.29, 1.82) is 5.26 Å². The summed E-state index contributed by atoms with van der Waals surface area (Å²) in [6.07, 6.45) is -0.204. The summed E-state index contributed by atoms with van der Waals surface area (Å²) in [5.41, 5.74) is -1.53. The number of halogens is 4. The number of anilines is 1. The van der Waals surface area contributed by atoms with E-state index in [1.165, 1.54) is 30.3 Å². The van der Waals surface area contributed by atoms with Crippen LogP contribution in [-0.4, -0.2) is 29.7 Å². The van der Waals surface area contributed by atoms with Crippen LogP contribution in [-0.2, 0) is 21.5 Å². The van der Waals surface area contributed by atoms with Gasteiger partial charge in [-0.2, -0.15) is 5.26 Å². The number of nitriles is 1. The number of amides is 2. The summed E-state index contributed by atoms with van der Waals surface area (Å²) in [4.78, 5) is 26.1. The summed E-state index contributed by atoms with van der Waals surface area (Å²) >= 11 is 12.3. The zero-order valence-electron chi connectivity index (χ0n) is 26.6. The Morgan fingerprint density at radius 3 is 2.28 bits per heavy atom. The lowest BCUT2D eigenvalue weighted by Crippen LogP contribution is -2.45. The van der Waals surface area contributed by atoms with E-state index in [-0.39, 0.29) is 33.1 Å². The molecule has 0 saturated carbocycles. The first kappa shape index (κ1) is 35.1. The number of hydrogen-bond donors (Lipinski definition) is 3. The summed E-state index contributed by atoms with van der Waals surface area (Å²) in [5, 5.41) is 19.8. The lowest BCUT2D eigenvalue weighted by atomic mass is 9.62. The Bertz CT molecular complexity index is 1650. The molecule has 1 heterocycles. The molecule has 1 aliphatic rings. The highest BCUT2D eigenvalue weighted by molar-refractivity contribution is 6.31. The second-order valence-electron chi connectivity index (χ2n) is 13.7. The molecule has 2 amide bonds. The van der Waals surface area contributed by atoms with Crippen LogP contribution in [0.3, 0.4) is 0 Å². The number of hydrogen-bond acceptors (Lipinski definition) is 5. The normalized spacial score (nSPS) is 21.4. The predicted octanol–water partition coefficient (Wildman–Crippen LogP) is 8.26. The van der Waals surface area contributed by atoms with Crippen molar-refractivity contribution in [2.45, 2.75) is 83.5 Å². The average Bonchev–Trinajstić information content (AvgIpc) is 3.26. The molecule has 46 heavy (non-hydrogen) atoms. The predicted molar refractivity (Wildman–Crippen MR) is 176 cm³/mol. The number of rotatable bonds is 7. The minimum absolute atomic E-state index is 0.00247. The maximum atomic E-state index is 15.9. The van der Waals surface area contributed by atoms with Crippen LogP contribution >= 0.6 is 23.2 Å². The van der Waals surface area contributed by atoms with E-state index in [1.807, 2.05) is 20.8 Å². The molecule has 3 aromatic carbocycles. The molecule has 1 fully saturated rings. The molecule has 11 heteroatoms. The van der Waals surface area contributed by atoms with E-state index in [9.17, 15) is 14.9 Å². The SMILES string of the molecule is CC(C)(C)CC1NC(C(=O)Nc2ccc(CNC(=O)OC(C)(C)C)cc2)C(c2cccc(Cl)c2F)C1(C#N)c1ccc(Cl)cc1F. The first-order chi connectivity index (χ1) is 21.4. The highest BCUT2D eigenvalue weighted by Gasteiger charge is 2.61. The van der Waals surface area contributed by atoms with Crippen molar-refractivity contribution in [2.24, 2.45) is 5.41 Å². The van der Waals surface area contributed by atoms with Crippen LogP contribution < -0.4 is 16.0 Å². The molecule has 244 valence electrons. The standard InChI is InChI=1S/C35H38Cl2F2N4O3/c1-33(2,3)17-27-35(19-40,24-15-12-21(36)16-26(24)38)28(23-8-7-9-25(37)29(23)39)30(43-27)31(44)42-22-13-10-20(11-14-22)18-41-32(45)46-34(4,5)6/h7-16,27-28,30,43H,17-18H2,1-6H3,(H,41,45)(H,42,44). The smallest absolute Gasteiger partial charge is 0.407 e. The van der Waals surface area contributed by atoms with Crippen LogP contribution in [0.1, 0.15) is 70.6 Å². The van der Waals surface area contributed by atoms with Crippen molar-refractivity contribution in [3.8, 4) is 6.07 Å². The molecular formula is C35H38Cl2F2N4O3. The molecule has 4 rings (SSSR count). The van der Waals surface area contributed by atoms with Crippen molar-refractivity contribution in [1.82, 2.24) is 10.6 Å². The Balaban J connectivity index is 1.73. The second-order valence-corrected chi connectivity index (χ2v) is 14.6. The Morgan fingerprint density at radius 1 is 1.02 bits per heavy atom. The van der Waals surface area contributed by atoms with E-state index < -0.39 is 52.7 Å². The van der Waals surface area contributed by atoms with Gasteiger partial charge in [0.1, 0.15) is 22.7 Å². The van der Waals surface area contributed by atoms with Gasteiger partial charge < -0.3 is 20.7 Å². The first-order valence-electron chi connectivity index (χ1n) is 14.9. The molecule has 0 radical (unpaired) electrons. The lowest BCUT2D eigenvalue weighted by Gasteiger charge is -2.37. The van der Waals surface area contributed by atoms with Crippen LogP contribution in [0.15, 0.2) is 60.7 Å². The van der Waals surface area contributed by atoms with E-state index in [1.54, 1.807) is 45.0 Å². The van der Waals surface area contributed by atoms with Gasteiger partial charge in [0, 0.05) is 34.8 Å². The van der Waals surface area contributed by atoms with Crippen molar-refractivity contribution in [2.75, 3.05) is 5.32 Å². The average molecular weight is 672 g/mol. The maximum absolute atomic E-state index is 15.9. The summed E-state index contributed by atoms with van der Waals surface area (Å²) in [6.45, 7) is 11.4. The summed E-state index contributed by atoms with van der Waals surface area (Å²) in [5.74, 6) is -3.26. The topological polar surface area (TPSA) is 103 Å². The molecular weight excluding hydrogens is 633 g/mol. The minimum Gasteiger partial charge on any atom is -0.444 e. The number of carbonyl (C=O) groups excluding carboxylic acids is 2. The summed E-state index contributed by atoms with van der Waals surface area (Å²) < 4.78 is 36.9. The number of nitrogens with zero attached hydrogens (tertiary/aromatic N) is 1. The molecule has 3 N–H and O–H groups in total. The number of ether oxygens (including phenoxy) is 1. The van der Waals surface area contributed by atoms with E-state index in [0.717, 1.165) is 11.6 Å². The van der Waals surface area contributed by atoms with Crippen LogP contribution in [0, 0.1) is 28.4 Å². The fourth-order valence-corrected chi connectivity index (χ4v) is 6.31. The molecule has 3 aromatic rings. The molecule has 4 unspecified atom stereocenters. The van der Waals surface area contributed by atoms with Crippen LogP contribution in [0.2, 0.25) is 10.0 Å². The largest absolute Gasteiger partial charge is 0.444 e. The van der Waals surface area contributed by atoms with E-state index in [0.29, 0.717) is 12.1 Å². The zero-order valence-corrected chi connectivity index (χ0v) is 28.1. The fraction of sp³-hybridized carbons (Fsp3) is 0.400. The van der Waals surface area contributed by atoms with Crippen LogP contribution in [0.5, 0.6) is 0 Å². The third kappa shape index (κ3) is 7.80. The summed E-state index contributed by atoms with van der Waals surface area (Å²) in [6, 6.07) is 15.6. The third-order valence-electron chi connectivity index (χ3n) is 7.79. The van der Waals surface area contributed by atoms with Gasteiger partial charge in [0.05, 0.1) is 17.1 Å². The van der Waals surface area contributed by atoms with E-state index >= 15 is 8.78 Å². The van der Waals surface area contributed by atoms with Crippen molar-refractivity contribution in [3.05, 3.63) is 99.0 Å². The molecule has 0 aromatic heterocycles. The van der Waals surface area contributed by atoms with Crippen LogP contribution in [0.25, 0.3) is 0 Å². The van der Waals surface area contributed by atoms with Gasteiger partial charge in [-0.25, -0.2) is 13.6 Å². The van der Waals surface area contributed by atoms with Gasteiger partial charge in [0.25, 0.3) is 0 Å². The van der Waals surface area contributed by atoms with Gasteiger partial charge in [0.15, 0.2) is 0 Å². The Labute approximate surface area is 278 Å². The van der Waals surface area contributed by atoms with Crippen molar-refractivity contribution < 1.29 is 23.1 Å². The minimum atomic E-state index is -1.73. The highest BCUT2D eigenvalue weighted by Crippen LogP contribution is 2.52. The molecule has 7 nitrogen and oxygen atoms in total. The monoisotopic (exact) mass is 670 g/mol. The number of carbonyl (C=O) groups is 2. The number of benzene rings is 3. The van der Waals surface area contributed by atoms with Gasteiger partial charge >= 0.3 is 6.09 Å². The zero-order chi connectivity index (χ0) is 34.0. The van der Waals surface area contributed by atoms with Gasteiger partial charge in [0.2, 0.25) is 5.91 Å². The van der Waals surface area contributed by atoms with Crippen LogP contribution in [0.4, 0.5) is 19.3 Å². The van der Waals surface area contributed by atoms with Gasteiger partial charge in [-0.05, 0) is 74.1 Å². The Kier molecular flexibility index (Phi) is 10.4. The van der Waals surface area contributed by atoms with Crippen molar-refractivity contribution in [3.63, 3.8) is 0 Å². The lowest BCUT2D eigenvalue weighted by molar-refractivity contribution is -0.118.